The minimum absolute atomic E-state index is 0.190. The van der Waals surface area contributed by atoms with Crippen molar-refractivity contribution >= 4 is 17.3 Å². The molecule has 29 heavy (non-hydrogen) atoms. The van der Waals surface area contributed by atoms with E-state index in [0.717, 1.165) is 23.6 Å². The van der Waals surface area contributed by atoms with Crippen molar-refractivity contribution in [2.75, 3.05) is 17.3 Å². The maximum absolute atomic E-state index is 12.6. The summed E-state index contributed by atoms with van der Waals surface area (Å²) in [5.74, 6) is -0.190. The first kappa shape index (κ1) is 18.4. The summed E-state index contributed by atoms with van der Waals surface area (Å²) in [6.45, 7) is 0.816. The second kappa shape index (κ2) is 8.35. The summed E-state index contributed by atoms with van der Waals surface area (Å²) >= 11 is 0. The Hall–Kier alpha value is -4.00. The molecule has 0 radical (unpaired) electrons. The highest BCUT2D eigenvalue weighted by molar-refractivity contribution is 6.04. The average Bonchev–Trinajstić information content (AvgIpc) is 3.30. The number of nitrogens with one attached hydrogen (secondary N) is 1. The second-order valence-electron chi connectivity index (χ2n) is 6.65. The lowest BCUT2D eigenvalue weighted by Gasteiger charge is -2.20. The molecule has 1 heterocycles. The molecule has 0 aliphatic rings. The third-order valence-electron chi connectivity index (χ3n) is 4.55. The van der Waals surface area contributed by atoms with Crippen LogP contribution in [0.15, 0.2) is 85.2 Å². The van der Waals surface area contributed by atoms with Crippen LogP contribution in [0, 0.1) is 0 Å². The number of nitrogens with zero attached hydrogens (tertiary/aromatic N) is 5. The smallest absolute Gasteiger partial charge is 0.255 e. The first-order valence-electron chi connectivity index (χ1n) is 9.19. The van der Waals surface area contributed by atoms with E-state index in [2.05, 4.69) is 37.9 Å². The van der Waals surface area contributed by atoms with Gasteiger partial charge in [0.25, 0.3) is 5.91 Å². The molecule has 0 fully saturated rings. The lowest BCUT2D eigenvalue weighted by molar-refractivity contribution is 0.102. The molecule has 1 amide bonds. The van der Waals surface area contributed by atoms with Gasteiger partial charge < -0.3 is 10.2 Å². The van der Waals surface area contributed by atoms with E-state index in [1.165, 1.54) is 16.6 Å². The van der Waals surface area contributed by atoms with Crippen molar-refractivity contribution in [3.8, 4) is 5.69 Å². The predicted octanol–water partition coefficient (Wildman–Crippen LogP) is 3.55. The van der Waals surface area contributed by atoms with Gasteiger partial charge in [-0.15, -0.1) is 5.10 Å². The zero-order valence-electron chi connectivity index (χ0n) is 15.9. The number of rotatable bonds is 6. The van der Waals surface area contributed by atoms with E-state index in [4.69, 9.17) is 0 Å². The van der Waals surface area contributed by atoms with Crippen LogP contribution in [-0.2, 0) is 6.54 Å². The number of carbonyl (C=O) groups excluding carboxylic acids is 1. The van der Waals surface area contributed by atoms with Gasteiger partial charge in [0.15, 0.2) is 0 Å². The fourth-order valence-corrected chi connectivity index (χ4v) is 3.02. The van der Waals surface area contributed by atoms with Crippen LogP contribution in [0.1, 0.15) is 15.9 Å². The Labute approximate surface area is 168 Å². The van der Waals surface area contributed by atoms with Gasteiger partial charge in [0.1, 0.15) is 6.33 Å². The number of carbonyl (C=O) groups is 1. The van der Waals surface area contributed by atoms with Crippen LogP contribution in [0.5, 0.6) is 0 Å². The van der Waals surface area contributed by atoms with Gasteiger partial charge in [0.2, 0.25) is 0 Å². The van der Waals surface area contributed by atoms with Crippen molar-refractivity contribution in [2.24, 2.45) is 0 Å². The predicted molar refractivity (Wildman–Crippen MR) is 112 cm³/mol. The van der Waals surface area contributed by atoms with Crippen LogP contribution in [0.3, 0.4) is 0 Å². The molecule has 7 nitrogen and oxygen atoms in total. The second-order valence-corrected chi connectivity index (χ2v) is 6.65. The van der Waals surface area contributed by atoms with Gasteiger partial charge in [-0.1, -0.05) is 36.4 Å². The quantitative estimate of drug-likeness (QED) is 0.550. The normalized spacial score (nSPS) is 10.5. The molecule has 1 N–H and O–H groups in total. The van der Waals surface area contributed by atoms with Crippen LogP contribution in [0.2, 0.25) is 0 Å². The Balaban J connectivity index is 1.42. The van der Waals surface area contributed by atoms with Crippen LogP contribution in [0.4, 0.5) is 11.4 Å². The third-order valence-corrected chi connectivity index (χ3v) is 4.55. The Morgan fingerprint density at radius 3 is 2.52 bits per heavy atom. The van der Waals surface area contributed by atoms with E-state index < -0.39 is 0 Å². The van der Waals surface area contributed by atoms with Crippen LogP contribution >= 0.6 is 0 Å². The van der Waals surface area contributed by atoms with Gasteiger partial charge in [-0.05, 0) is 58.5 Å². The molecule has 4 aromatic rings. The highest BCUT2D eigenvalue weighted by Gasteiger charge is 2.09. The van der Waals surface area contributed by atoms with Gasteiger partial charge in [-0.25, -0.2) is 4.68 Å². The minimum Gasteiger partial charge on any atom is -0.370 e. The Morgan fingerprint density at radius 1 is 1.00 bits per heavy atom. The van der Waals surface area contributed by atoms with Gasteiger partial charge in [0, 0.05) is 30.5 Å². The van der Waals surface area contributed by atoms with Crippen molar-refractivity contribution in [1.82, 2.24) is 20.2 Å². The molecule has 3 aromatic carbocycles. The molecular formula is C22H20N6O. The number of aromatic nitrogens is 4. The monoisotopic (exact) mass is 384 g/mol. The van der Waals surface area contributed by atoms with E-state index in [9.17, 15) is 4.79 Å². The van der Waals surface area contributed by atoms with E-state index in [-0.39, 0.29) is 5.91 Å². The van der Waals surface area contributed by atoms with Crippen LogP contribution < -0.4 is 10.2 Å². The SMILES string of the molecule is CN(Cc1ccccc1)c1ccc(NC(=O)c2cccc(-n3cnnn3)c2)cc1. The lowest BCUT2D eigenvalue weighted by Crippen LogP contribution is -2.16. The van der Waals surface area contributed by atoms with Crippen molar-refractivity contribution < 1.29 is 4.79 Å². The Kier molecular flexibility index (Phi) is 5.29. The number of benzene rings is 3. The van der Waals surface area contributed by atoms with Crippen LogP contribution in [0.25, 0.3) is 5.69 Å². The van der Waals surface area contributed by atoms with E-state index >= 15 is 0 Å². The first-order valence-corrected chi connectivity index (χ1v) is 9.19. The summed E-state index contributed by atoms with van der Waals surface area (Å²) in [6, 6.07) is 25.2. The molecule has 144 valence electrons. The molecule has 0 atom stereocenters. The maximum Gasteiger partial charge on any atom is 0.255 e. The fourth-order valence-electron chi connectivity index (χ4n) is 3.02. The highest BCUT2D eigenvalue weighted by Crippen LogP contribution is 2.19. The molecule has 0 saturated heterocycles. The highest BCUT2D eigenvalue weighted by atomic mass is 16.1. The molecule has 0 aliphatic heterocycles. The standard InChI is InChI=1S/C22H20N6O/c1-27(15-17-6-3-2-4-7-17)20-12-10-19(11-13-20)24-22(29)18-8-5-9-21(14-18)28-16-23-25-26-28/h2-14,16H,15H2,1H3,(H,24,29). The number of anilines is 2. The summed E-state index contributed by atoms with van der Waals surface area (Å²) in [7, 11) is 2.05. The molecule has 0 aliphatic carbocycles. The van der Waals surface area contributed by atoms with Crippen LogP contribution in [-0.4, -0.2) is 33.2 Å². The van der Waals surface area contributed by atoms with Gasteiger partial charge in [-0.3, -0.25) is 4.79 Å². The first-order chi connectivity index (χ1) is 14.2. The third kappa shape index (κ3) is 4.47. The molecule has 4 rings (SSSR count). The number of hydrogen-bond donors (Lipinski definition) is 1. The molecule has 1 aromatic heterocycles. The van der Waals surface area contributed by atoms with Gasteiger partial charge in [0.05, 0.1) is 5.69 Å². The topological polar surface area (TPSA) is 75.9 Å². The van der Waals surface area contributed by atoms with E-state index in [0.29, 0.717) is 5.56 Å². The zero-order chi connectivity index (χ0) is 20.1. The molecule has 0 saturated carbocycles. The van der Waals surface area contributed by atoms with Crippen molar-refractivity contribution in [1.29, 1.82) is 0 Å². The number of hydrogen-bond acceptors (Lipinski definition) is 5. The molecule has 7 heteroatoms. The van der Waals surface area contributed by atoms with Crippen molar-refractivity contribution in [2.45, 2.75) is 6.54 Å². The summed E-state index contributed by atoms with van der Waals surface area (Å²) < 4.78 is 1.51. The number of amides is 1. The average molecular weight is 384 g/mol. The molecule has 0 bridgehead atoms. The summed E-state index contributed by atoms with van der Waals surface area (Å²) in [6.07, 6.45) is 1.49. The van der Waals surface area contributed by atoms with E-state index in [1.54, 1.807) is 18.2 Å². The van der Waals surface area contributed by atoms with Gasteiger partial charge in [-0.2, -0.15) is 0 Å². The fraction of sp³-hybridized carbons (Fsp3) is 0.0909. The molecule has 0 unspecified atom stereocenters. The number of tetrazole rings is 1. The maximum atomic E-state index is 12.6. The largest absolute Gasteiger partial charge is 0.370 e. The Bertz CT molecular complexity index is 1080. The van der Waals surface area contributed by atoms with Crippen molar-refractivity contribution in [3.63, 3.8) is 0 Å². The lowest BCUT2D eigenvalue weighted by atomic mass is 10.1. The molecular weight excluding hydrogens is 364 g/mol. The van der Waals surface area contributed by atoms with Crippen molar-refractivity contribution in [3.05, 3.63) is 96.3 Å². The summed E-state index contributed by atoms with van der Waals surface area (Å²) in [5, 5.41) is 14.0. The molecule has 0 spiro atoms. The summed E-state index contributed by atoms with van der Waals surface area (Å²) in [5.41, 5.74) is 4.31. The Morgan fingerprint density at radius 2 is 1.79 bits per heavy atom. The summed E-state index contributed by atoms with van der Waals surface area (Å²) in [4.78, 5) is 14.8. The van der Waals surface area contributed by atoms with Gasteiger partial charge >= 0.3 is 0 Å². The van der Waals surface area contributed by atoms with E-state index in [1.807, 2.05) is 55.6 Å². The minimum atomic E-state index is -0.190. The zero-order valence-corrected chi connectivity index (χ0v) is 15.9.